The van der Waals surface area contributed by atoms with Crippen LogP contribution in [-0.4, -0.2) is 23.0 Å². The summed E-state index contributed by atoms with van der Waals surface area (Å²) >= 11 is 13.8. The summed E-state index contributed by atoms with van der Waals surface area (Å²) in [6.45, 7) is 3.94. The highest BCUT2D eigenvalue weighted by Gasteiger charge is 2.20. The van der Waals surface area contributed by atoms with Gasteiger partial charge in [0.25, 0.3) is 11.8 Å². The molecule has 3 amide bonds. The Morgan fingerprint density at radius 3 is 2.26 bits per heavy atom. The zero-order valence-corrected chi connectivity index (χ0v) is 25.3. The minimum Gasteiger partial charge on any atom is -0.325 e. The summed E-state index contributed by atoms with van der Waals surface area (Å²) in [6.07, 6.45) is 2.11. The Balaban J connectivity index is 1.52. The Morgan fingerprint density at radius 2 is 1.57 bits per heavy atom. The third-order valence-electron chi connectivity index (χ3n) is 6.14. The molecule has 0 aromatic heterocycles. The van der Waals surface area contributed by atoms with Gasteiger partial charge >= 0.3 is 0 Å². The number of benzene rings is 4. The molecule has 0 aliphatic heterocycles. The fourth-order valence-electron chi connectivity index (χ4n) is 3.91. The van der Waals surface area contributed by atoms with E-state index in [1.54, 1.807) is 66.7 Å². The van der Waals surface area contributed by atoms with E-state index >= 15 is 0 Å². The number of carbonyl (C=O) groups excluding carboxylic acids is 3. The average Bonchev–Trinajstić information content (AvgIpc) is 2.98. The molecule has 9 heteroatoms. The van der Waals surface area contributed by atoms with Gasteiger partial charge in [-0.25, -0.2) is 0 Å². The lowest BCUT2D eigenvalue weighted by molar-refractivity contribution is -0.116. The lowest BCUT2D eigenvalue weighted by atomic mass is 10.1. The van der Waals surface area contributed by atoms with Crippen LogP contribution in [0.3, 0.4) is 0 Å². The highest BCUT2D eigenvalue weighted by molar-refractivity contribution is 8.00. The van der Waals surface area contributed by atoms with E-state index < -0.39 is 11.8 Å². The summed E-state index contributed by atoms with van der Waals surface area (Å²) in [5, 5.41) is 8.95. The zero-order valence-electron chi connectivity index (χ0n) is 23.0. The Kier molecular flexibility index (Phi) is 10.8. The number of hydrogen-bond acceptors (Lipinski definition) is 4. The lowest BCUT2D eigenvalue weighted by Gasteiger charge is -2.16. The van der Waals surface area contributed by atoms with E-state index in [2.05, 4.69) is 16.0 Å². The fourth-order valence-corrected chi connectivity index (χ4v) is 5.38. The van der Waals surface area contributed by atoms with Crippen molar-refractivity contribution in [1.82, 2.24) is 5.32 Å². The van der Waals surface area contributed by atoms with E-state index in [4.69, 9.17) is 23.2 Å². The molecule has 0 fully saturated rings. The Morgan fingerprint density at radius 1 is 0.833 bits per heavy atom. The molecule has 6 nitrogen and oxygen atoms in total. The van der Waals surface area contributed by atoms with Gasteiger partial charge < -0.3 is 16.0 Å². The minimum atomic E-state index is -0.545. The number of amides is 3. The molecule has 0 saturated heterocycles. The predicted molar refractivity (Wildman–Crippen MR) is 173 cm³/mol. The number of hydrogen-bond donors (Lipinski definition) is 3. The van der Waals surface area contributed by atoms with Crippen LogP contribution in [0.15, 0.2) is 108 Å². The van der Waals surface area contributed by atoms with Crippen LogP contribution >= 0.6 is 35.0 Å². The van der Waals surface area contributed by atoms with Crippen LogP contribution in [-0.2, 0) is 9.59 Å². The van der Waals surface area contributed by atoms with Crippen LogP contribution in [0.5, 0.6) is 0 Å². The number of rotatable bonds is 10. The number of aryl methyl sites for hydroxylation is 1. The Hall–Kier alpha value is -4.04. The molecular weight excluding hydrogens is 589 g/mol. The molecule has 4 aromatic carbocycles. The first-order valence-corrected chi connectivity index (χ1v) is 14.8. The maximum atomic E-state index is 13.5. The third-order valence-corrected chi connectivity index (χ3v) is 8.06. The summed E-state index contributed by atoms with van der Waals surface area (Å²) in [7, 11) is 0. The van der Waals surface area contributed by atoms with Gasteiger partial charge in [0.1, 0.15) is 5.70 Å². The first-order chi connectivity index (χ1) is 20.2. The molecule has 214 valence electrons. The first-order valence-electron chi connectivity index (χ1n) is 13.2. The second kappa shape index (κ2) is 14.7. The van der Waals surface area contributed by atoms with Crippen molar-refractivity contribution in [3.8, 4) is 0 Å². The summed E-state index contributed by atoms with van der Waals surface area (Å²) in [5.74, 6) is -1.09. The van der Waals surface area contributed by atoms with Gasteiger partial charge in [-0.3, -0.25) is 14.4 Å². The summed E-state index contributed by atoms with van der Waals surface area (Å²) in [4.78, 5) is 40.1. The molecule has 0 aliphatic rings. The van der Waals surface area contributed by atoms with Crippen LogP contribution in [0, 0.1) is 6.92 Å². The van der Waals surface area contributed by atoms with E-state index in [1.807, 2.05) is 44.2 Å². The number of thioether (sulfide) groups is 1. The van der Waals surface area contributed by atoms with Gasteiger partial charge in [0.15, 0.2) is 0 Å². The van der Waals surface area contributed by atoms with Crippen molar-refractivity contribution in [2.24, 2.45) is 0 Å². The van der Waals surface area contributed by atoms with Crippen molar-refractivity contribution < 1.29 is 14.4 Å². The first kappa shape index (κ1) is 30.9. The van der Waals surface area contributed by atoms with E-state index in [0.717, 1.165) is 16.1 Å². The molecule has 0 heterocycles. The lowest BCUT2D eigenvalue weighted by Crippen LogP contribution is -2.30. The van der Waals surface area contributed by atoms with Crippen molar-refractivity contribution in [1.29, 1.82) is 0 Å². The van der Waals surface area contributed by atoms with Crippen LogP contribution in [0.25, 0.3) is 6.08 Å². The Labute approximate surface area is 259 Å². The largest absolute Gasteiger partial charge is 0.325 e. The van der Waals surface area contributed by atoms with Crippen molar-refractivity contribution in [3.05, 3.63) is 129 Å². The van der Waals surface area contributed by atoms with Crippen LogP contribution < -0.4 is 16.0 Å². The maximum absolute atomic E-state index is 13.5. The van der Waals surface area contributed by atoms with Gasteiger partial charge in [-0.1, -0.05) is 78.2 Å². The van der Waals surface area contributed by atoms with Gasteiger partial charge in [-0.2, -0.15) is 0 Å². The third kappa shape index (κ3) is 8.73. The summed E-state index contributed by atoms with van der Waals surface area (Å²) in [5.41, 5.74) is 3.25. The van der Waals surface area contributed by atoms with Crippen LogP contribution in [0.2, 0.25) is 10.0 Å². The molecule has 1 unspecified atom stereocenters. The molecule has 0 spiro atoms. The number of carbonyl (C=O) groups is 3. The summed E-state index contributed by atoms with van der Waals surface area (Å²) < 4.78 is 0. The van der Waals surface area contributed by atoms with E-state index in [-0.39, 0.29) is 16.9 Å². The zero-order chi connectivity index (χ0) is 30.1. The predicted octanol–water partition coefficient (Wildman–Crippen LogP) is 8.22. The normalized spacial score (nSPS) is 11.9. The molecule has 0 bridgehead atoms. The molecular formula is C33H29Cl2N3O3S. The molecule has 0 saturated carbocycles. The molecule has 4 aromatic rings. The fraction of sp³-hybridized carbons (Fsp3) is 0.121. The highest BCUT2D eigenvalue weighted by atomic mass is 35.5. The molecule has 3 N–H and O–H groups in total. The number of anilines is 2. The van der Waals surface area contributed by atoms with E-state index in [0.29, 0.717) is 33.3 Å². The SMILES string of the molecule is CCC(Sc1cccc(NC(=O)/C(=C\c2ccc(Cl)cc2Cl)NC(=O)c2ccccc2)c1)C(=O)Nc1ccc(C)cc1. The van der Waals surface area contributed by atoms with Crippen LogP contribution in [0.1, 0.15) is 34.8 Å². The topological polar surface area (TPSA) is 87.3 Å². The van der Waals surface area contributed by atoms with Gasteiger partial charge in [0.2, 0.25) is 5.91 Å². The van der Waals surface area contributed by atoms with Crippen LogP contribution in [0.4, 0.5) is 11.4 Å². The van der Waals surface area contributed by atoms with Gasteiger partial charge in [0.05, 0.1) is 5.25 Å². The number of halogens is 2. The van der Waals surface area contributed by atoms with Crippen molar-refractivity contribution in [3.63, 3.8) is 0 Å². The second-order valence-corrected chi connectivity index (χ2v) is 11.5. The Bertz CT molecular complexity index is 1610. The van der Waals surface area contributed by atoms with Crippen molar-refractivity contribution in [2.75, 3.05) is 10.6 Å². The van der Waals surface area contributed by atoms with E-state index in [9.17, 15) is 14.4 Å². The van der Waals surface area contributed by atoms with Gasteiger partial charge in [0, 0.05) is 31.9 Å². The van der Waals surface area contributed by atoms with Crippen molar-refractivity contribution in [2.45, 2.75) is 30.4 Å². The highest BCUT2D eigenvalue weighted by Crippen LogP contribution is 2.29. The molecule has 1 atom stereocenters. The monoisotopic (exact) mass is 617 g/mol. The molecule has 4 rings (SSSR count). The van der Waals surface area contributed by atoms with Gasteiger partial charge in [-0.15, -0.1) is 11.8 Å². The maximum Gasteiger partial charge on any atom is 0.272 e. The van der Waals surface area contributed by atoms with E-state index in [1.165, 1.54) is 17.8 Å². The minimum absolute atomic E-state index is 0.00459. The molecule has 0 radical (unpaired) electrons. The number of nitrogens with one attached hydrogen (secondary N) is 3. The molecule has 0 aliphatic carbocycles. The quantitative estimate of drug-likeness (QED) is 0.124. The standard InChI is InChI=1S/C33H29Cl2N3O3S/c1-3-30(33(41)36-25-16-12-21(2)13-17-25)42-27-11-7-10-26(20-27)37-32(40)29(18-23-14-15-24(34)19-28(23)35)38-31(39)22-8-5-4-6-9-22/h4-20,30H,3H2,1-2H3,(H,36,41)(H,37,40)(H,38,39)/b29-18+. The smallest absolute Gasteiger partial charge is 0.272 e. The summed E-state index contributed by atoms with van der Waals surface area (Å²) in [6, 6.07) is 28.3. The second-order valence-electron chi connectivity index (χ2n) is 9.40. The average molecular weight is 619 g/mol. The molecule has 42 heavy (non-hydrogen) atoms. The van der Waals surface area contributed by atoms with Crippen molar-refractivity contribution >= 4 is 70.1 Å². The van der Waals surface area contributed by atoms with Gasteiger partial charge in [-0.05, 0) is 79.6 Å².